The Bertz CT molecular complexity index is 787. The Morgan fingerprint density at radius 3 is 2.18 bits per heavy atom. The van der Waals surface area contributed by atoms with E-state index in [2.05, 4.69) is 0 Å². The maximum absolute atomic E-state index is 12.4. The molecule has 22 heavy (non-hydrogen) atoms. The van der Waals surface area contributed by atoms with E-state index >= 15 is 0 Å². The van der Waals surface area contributed by atoms with E-state index in [1.165, 1.54) is 35.6 Å². The van der Waals surface area contributed by atoms with Crippen molar-refractivity contribution in [3.8, 4) is 0 Å². The minimum atomic E-state index is -2.78. The summed E-state index contributed by atoms with van der Waals surface area (Å²) in [4.78, 5) is 35.7. The lowest BCUT2D eigenvalue weighted by Crippen LogP contribution is -2.45. The van der Waals surface area contributed by atoms with E-state index < -0.39 is 27.8 Å². The van der Waals surface area contributed by atoms with Gasteiger partial charge in [0, 0.05) is 22.1 Å². The van der Waals surface area contributed by atoms with Crippen molar-refractivity contribution < 1.29 is 19.6 Å². The highest BCUT2D eigenvalue weighted by atomic mass is 32.1. The number of aliphatic hydroxyl groups is 1. The zero-order valence-electron chi connectivity index (χ0n) is 11.1. The fourth-order valence-electron chi connectivity index (χ4n) is 2.40. The van der Waals surface area contributed by atoms with Gasteiger partial charge in [0.1, 0.15) is 0 Å². The Morgan fingerprint density at radius 2 is 1.73 bits per heavy atom. The van der Waals surface area contributed by atoms with E-state index in [1.54, 1.807) is 17.5 Å². The summed E-state index contributed by atoms with van der Waals surface area (Å²) in [5.74, 6) is -1.93. The zero-order chi connectivity index (χ0) is 15.9. The van der Waals surface area contributed by atoms with Gasteiger partial charge in [-0.3, -0.25) is 19.7 Å². The van der Waals surface area contributed by atoms with E-state index in [1.807, 2.05) is 0 Å². The predicted octanol–water partition coefficient (Wildman–Crippen LogP) is 2.18. The van der Waals surface area contributed by atoms with E-state index in [0.717, 1.165) is 6.08 Å². The number of nitro groups is 1. The molecule has 0 atom stereocenters. The van der Waals surface area contributed by atoms with Crippen LogP contribution < -0.4 is 0 Å². The van der Waals surface area contributed by atoms with Gasteiger partial charge >= 0.3 is 0 Å². The molecule has 7 heteroatoms. The van der Waals surface area contributed by atoms with E-state index in [-0.39, 0.29) is 11.1 Å². The Labute approximate surface area is 128 Å². The van der Waals surface area contributed by atoms with Crippen molar-refractivity contribution >= 4 is 29.0 Å². The van der Waals surface area contributed by atoms with Crippen LogP contribution in [0.25, 0.3) is 6.08 Å². The molecule has 0 aliphatic heterocycles. The van der Waals surface area contributed by atoms with Crippen molar-refractivity contribution in [3.05, 3.63) is 73.6 Å². The number of ketones is 2. The molecule has 1 aliphatic rings. The van der Waals surface area contributed by atoms with Gasteiger partial charge in [-0.15, -0.1) is 11.3 Å². The molecule has 1 N–H and O–H groups in total. The number of thiophene rings is 1. The summed E-state index contributed by atoms with van der Waals surface area (Å²) in [6.07, 6.45) is 1.06. The molecule has 1 aromatic heterocycles. The molecule has 1 aromatic carbocycles. The second kappa shape index (κ2) is 4.97. The number of carbonyl (C=O) groups excluding carboxylic acids is 2. The van der Waals surface area contributed by atoms with Crippen LogP contribution in [0.4, 0.5) is 0 Å². The van der Waals surface area contributed by atoms with Gasteiger partial charge in [-0.05, 0) is 11.4 Å². The highest BCUT2D eigenvalue weighted by molar-refractivity contribution is 7.10. The zero-order valence-corrected chi connectivity index (χ0v) is 11.9. The first-order valence-electron chi connectivity index (χ1n) is 6.27. The molecule has 0 saturated carbocycles. The van der Waals surface area contributed by atoms with Crippen molar-refractivity contribution in [2.75, 3.05) is 0 Å². The Balaban J connectivity index is 2.19. The smallest absolute Gasteiger partial charge is 0.295 e. The fraction of sp³-hybridized carbons (Fsp3) is 0.0667. The van der Waals surface area contributed by atoms with Gasteiger partial charge in [0.05, 0.1) is 4.92 Å². The standard InChI is InChI=1S/C15H9NO5S/c17-13-10-5-1-2-6-11(10)14(18)15(13,19)12(16(20)21)8-9-4-3-7-22-9/h1-8,19H/b12-8-. The molecule has 0 bridgehead atoms. The lowest BCUT2D eigenvalue weighted by Gasteiger charge is -2.15. The predicted molar refractivity (Wildman–Crippen MR) is 79.3 cm³/mol. The first-order chi connectivity index (χ1) is 10.5. The number of Topliss-reactive ketones (excluding diaryl/α,β-unsaturated/α-hetero) is 2. The number of hydrogen-bond donors (Lipinski definition) is 1. The summed E-state index contributed by atoms with van der Waals surface area (Å²) in [6.45, 7) is 0. The molecule has 110 valence electrons. The number of nitrogens with zero attached hydrogens (tertiary/aromatic N) is 1. The molecule has 0 fully saturated rings. The second-order valence-electron chi connectivity index (χ2n) is 4.72. The number of carbonyl (C=O) groups is 2. The largest absolute Gasteiger partial charge is 0.366 e. The minimum absolute atomic E-state index is 0.00562. The quantitative estimate of drug-likeness (QED) is 0.532. The van der Waals surface area contributed by atoms with Crippen LogP contribution in [-0.2, 0) is 0 Å². The number of rotatable bonds is 3. The second-order valence-corrected chi connectivity index (χ2v) is 5.70. The summed E-state index contributed by atoms with van der Waals surface area (Å²) < 4.78 is 0. The van der Waals surface area contributed by atoms with Crippen molar-refractivity contribution in [1.29, 1.82) is 0 Å². The molecule has 0 amide bonds. The lowest BCUT2D eigenvalue weighted by atomic mass is 9.93. The normalized spacial score (nSPS) is 16.7. The van der Waals surface area contributed by atoms with Crippen LogP contribution in [0.2, 0.25) is 0 Å². The van der Waals surface area contributed by atoms with Crippen LogP contribution in [0.1, 0.15) is 25.6 Å². The van der Waals surface area contributed by atoms with Crippen LogP contribution in [0.3, 0.4) is 0 Å². The SMILES string of the molecule is O=C1c2ccccc2C(=O)C1(O)/C(=C/c1cccs1)[N+](=O)[O-]. The molecule has 2 aromatic rings. The van der Waals surface area contributed by atoms with Gasteiger partial charge in [-0.1, -0.05) is 30.3 Å². The van der Waals surface area contributed by atoms with E-state index in [0.29, 0.717) is 4.88 Å². The summed E-state index contributed by atoms with van der Waals surface area (Å²) in [5.41, 5.74) is -3.62. The van der Waals surface area contributed by atoms with Crippen LogP contribution >= 0.6 is 11.3 Å². The van der Waals surface area contributed by atoms with Crippen molar-refractivity contribution in [3.63, 3.8) is 0 Å². The molecular weight excluding hydrogens is 306 g/mol. The van der Waals surface area contributed by atoms with Crippen LogP contribution in [-0.4, -0.2) is 27.2 Å². The van der Waals surface area contributed by atoms with Gasteiger partial charge in [0.25, 0.3) is 11.3 Å². The molecule has 1 aliphatic carbocycles. The Morgan fingerprint density at radius 1 is 1.14 bits per heavy atom. The topological polar surface area (TPSA) is 97.5 Å². The van der Waals surface area contributed by atoms with Crippen LogP contribution in [0, 0.1) is 10.1 Å². The van der Waals surface area contributed by atoms with Gasteiger partial charge in [0.2, 0.25) is 11.6 Å². The Kier molecular flexibility index (Phi) is 3.23. The summed E-state index contributed by atoms with van der Waals surface area (Å²) in [7, 11) is 0. The van der Waals surface area contributed by atoms with Gasteiger partial charge in [-0.2, -0.15) is 0 Å². The summed E-state index contributed by atoms with van der Waals surface area (Å²) in [5, 5.41) is 23.6. The Hall–Kier alpha value is -2.64. The third-order valence-corrected chi connectivity index (χ3v) is 4.28. The van der Waals surface area contributed by atoms with Gasteiger partial charge in [0.15, 0.2) is 0 Å². The maximum atomic E-state index is 12.4. The summed E-state index contributed by atoms with van der Waals surface area (Å²) in [6, 6.07) is 9.07. The van der Waals surface area contributed by atoms with Crippen LogP contribution in [0.5, 0.6) is 0 Å². The average molecular weight is 315 g/mol. The van der Waals surface area contributed by atoms with E-state index in [4.69, 9.17) is 0 Å². The third kappa shape index (κ3) is 1.91. The highest BCUT2D eigenvalue weighted by Gasteiger charge is 2.60. The molecular formula is C15H9NO5S. The first kappa shape index (κ1) is 14.3. The van der Waals surface area contributed by atoms with Crippen LogP contribution in [0.15, 0.2) is 47.5 Å². The van der Waals surface area contributed by atoms with Gasteiger partial charge < -0.3 is 5.11 Å². The maximum Gasteiger partial charge on any atom is 0.295 e. The van der Waals surface area contributed by atoms with E-state index in [9.17, 15) is 24.8 Å². The summed E-state index contributed by atoms with van der Waals surface area (Å²) >= 11 is 1.20. The van der Waals surface area contributed by atoms with Crippen molar-refractivity contribution in [2.45, 2.75) is 5.60 Å². The van der Waals surface area contributed by atoms with Crippen molar-refractivity contribution in [1.82, 2.24) is 0 Å². The molecule has 1 heterocycles. The fourth-order valence-corrected chi connectivity index (χ4v) is 3.05. The minimum Gasteiger partial charge on any atom is -0.366 e. The molecule has 0 spiro atoms. The molecule has 0 saturated heterocycles. The molecule has 0 radical (unpaired) electrons. The third-order valence-electron chi connectivity index (χ3n) is 3.46. The van der Waals surface area contributed by atoms with Gasteiger partial charge in [-0.25, -0.2) is 0 Å². The number of fused-ring (bicyclic) bond motifs is 1. The first-order valence-corrected chi connectivity index (χ1v) is 7.15. The molecule has 3 rings (SSSR count). The molecule has 0 unspecified atom stereocenters. The number of benzene rings is 1. The molecule has 6 nitrogen and oxygen atoms in total. The monoisotopic (exact) mass is 315 g/mol. The lowest BCUT2D eigenvalue weighted by molar-refractivity contribution is -0.435. The average Bonchev–Trinajstić information content (AvgIpc) is 3.08. The number of hydrogen-bond acceptors (Lipinski definition) is 6. The highest BCUT2D eigenvalue weighted by Crippen LogP contribution is 2.36. The van der Waals surface area contributed by atoms with Crippen molar-refractivity contribution in [2.24, 2.45) is 0 Å².